The quantitative estimate of drug-likeness (QED) is 0.763. The van der Waals surface area contributed by atoms with E-state index in [-0.39, 0.29) is 10.7 Å². The third kappa shape index (κ3) is 3.58. The van der Waals surface area contributed by atoms with Crippen molar-refractivity contribution in [3.63, 3.8) is 0 Å². The first-order valence-corrected chi connectivity index (χ1v) is 10.7. The van der Waals surface area contributed by atoms with Crippen LogP contribution in [0.15, 0.2) is 35.2 Å². The van der Waals surface area contributed by atoms with Crippen LogP contribution in [0.2, 0.25) is 0 Å². The molecule has 3 rings (SSSR count). The zero-order valence-corrected chi connectivity index (χ0v) is 17.1. The smallest absolute Gasteiger partial charge is 0.265 e. The molecule has 0 spiro atoms. The molecule has 1 aromatic carbocycles. The molecule has 144 valence electrons. The lowest BCUT2D eigenvalue weighted by Crippen LogP contribution is -2.28. The fraction of sp³-hybridized carbons (Fsp3) is 0.381. The third-order valence-corrected chi connectivity index (χ3v) is 6.90. The van der Waals surface area contributed by atoms with Gasteiger partial charge in [0.2, 0.25) is 0 Å². The minimum Gasteiger partial charge on any atom is -0.344 e. The van der Waals surface area contributed by atoms with Crippen molar-refractivity contribution in [2.75, 3.05) is 11.4 Å². The highest BCUT2D eigenvalue weighted by molar-refractivity contribution is 7.92. The van der Waals surface area contributed by atoms with Crippen LogP contribution in [0, 0.1) is 13.8 Å². The van der Waals surface area contributed by atoms with Crippen molar-refractivity contribution < 1.29 is 13.2 Å². The predicted molar refractivity (Wildman–Crippen MR) is 109 cm³/mol. The number of aryl methyl sites for hydroxylation is 2. The van der Waals surface area contributed by atoms with Crippen LogP contribution in [-0.4, -0.2) is 26.2 Å². The first-order chi connectivity index (χ1) is 12.7. The van der Waals surface area contributed by atoms with Crippen LogP contribution in [0.25, 0.3) is 5.57 Å². The summed E-state index contributed by atoms with van der Waals surface area (Å²) < 4.78 is 27.6. The first-order valence-electron chi connectivity index (χ1n) is 9.22. The number of carbonyl (C=O) groups excluding carboxylic acids is 1. The Morgan fingerprint density at radius 2 is 1.78 bits per heavy atom. The van der Waals surface area contributed by atoms with Crippen molar-refractivity contribution in [2.24, 2.45) is 0 Å². The molecule has 1 aromatic heterocycles. The number of rotatable bonds is 5. The minimum atomic E-state index is -3.74. The second-order valence-electron chi connectivity index (χ2n) is 7.17. The summed E-state index contributed by atoms with van der Waals surface area (Å²) in [5.74, 6) is 0.407. The lowest BCUT2D eigenvalue weighted by atomic mass is 9.91. The van der Waals surface area contributed by atoms with Crippen LogP contribution < -0.4 is 4.31 Å². The number of Topliss-reactive ketones (excluding diaryl/α,β-unsaturated/α-hetero) is 1. The van der Waals surface area contributed by atoms with Gasteiger partial charge in [-0.2, -0.15) is 0 Å². The van der Waals surface area contributed by atoms with Crippen LogP contribution in [-0.2, 0) is 10.0 Å². The van der Waals surface area contributed by atoms with E-state index in [2.05, 4.69) is 11.1 Å². The fourth-order valence-electron chi connectivity index (χ4n) is 3.65. The molecule has 0 unspecified atom stereocenters. The van der Waals surface area contributed by atoms with Gasteiger partial charge in [0.05, 0.1) is 4.90 Å². The first kappa shape index (κ1) is 19.4. The summed E-state index contributed by atoms with van der Waals surface area (Å²) >= 11 is 0. The fourth-order valence-corrected chi connectivity index (χ4v) is 4.82. The number of nitrogens with zero attached hydrogens (tertiary/aromatic N) is 1. The van der Waals surface area contributed by atoms with Crippen LogP contribution in [0.3, 0.4) is 0 Å². The van der Waals surface area contributed by atoms with E-state index < -0.39 is 10.0 Å². The van der Waals surface area contributed by atoms with E-state index in [1.165, 1.54) is 18.3 Å². The average Bonchev–Trinajstić information content (AvgIpc) is 2.99. The number of H-pyrrole nitrogens is 1. The maximum atomic E-state index is 13.2. The number of ketones is 1. The van der Waals surface area contributed by atoms with Crippen molar-refractivity contribution in [1.82, 2.24) is 4.98 Å². The Morgan fingerprint density at radius 1 is 1.11 bits per heavy atom. The number of aromatic nitrogens is 1. The van der Waals surface area contributed by atoms with Gasteiger partial charge in [-0.25, -0.2) is 8.42 Å². The van der Waals surface area contributed by atoms with Gasteiger partial charge in [0.25, 0.3) is 10.0 Å². The van der Waals surface area contributed by atoms with E-state index in [1.807, 2.05) is 13.8 Å². The summed E-state index contributed by atoms with van der Waals surface area (Å²) in [6.07, 6.45) is 6.10. The summed E-state index contributed by atoms with van der Waals surface area (Å²) in [6.45, 7) is 5.27. The average molecular weight is 387 g/mol. The second-order valence-corrected chi connectivity index (χ2v) is 9.13. The lowest BCUT2D eigenvalue weighted by Gasteiger charge is -2.22. The van der Waals surface area contributed by atoms with Gasteiger partial charge in [0.15, 0.2) is 5.78 Å². The standard InChI is InChI=1S/C21H26N2O3S/c1-14-10-12-18(13-11-14)27(25,26)23(4)21-20(17-8-6-5-7-9-17)19(16(3)24)15(2)22-21/h8,10-13,22H,5-7,9H2,1-4H3. The molecule has 0 aliphatic heterocycles. The Hall–Kier alpha value is -2.34. The number of aromatic amines is 1. The number of benzene rings is 1. The molecule has 0 saturated heterocycles. The van der Waals surface area contributed by atoms with Crippen molar-refractivity contribution in [3.8, 4) is 0 Å². The number of hydrogen-bond donors (Lipinski definition) is 1. The van der Waals surface area contributed by atoms with E-state index in [0.717, 1.165) is 42.4 Å². The lowest BCUT2D eigenvalue weighted by molar-refractivity contribution is 0.101. The van der Waals surface area contributed by atoms with Gasteiger partial charge in [-0.1, -0.05) is 23.8 Å². The van der Waals surface area contributed by atoms with E-state index >= 15 is 0 Å². The number of carbonyl (C=O) groups is 1. The van der Waals surface area contributed by atoms with Crippen LogP contribution in [0.5, 0.6) is 0 Å². The Labute approximate surface area is 161 Å². The summed E-state index contributed by atoms with van der Waals surface area (Å²) in [7, 11) is -2.20. The molecule has 6 heteroatoms. The molecule has 0 saturated carbocycles. The highest BCUT2D eigenvalue weighted by Gasteiger charge is 2.30. The van der Waals surface area contributed by atoms with E-state index in [4.69, 9.17) is 0 Å². The molecule has 1 aliphatic carbocycles. The molecule has 1 aliphatic rings. The minimum absolute atomic E-state index is 0.0578. The zero-order valence-electron chi connectivity index (χ0n) is 16.3. The molecular formula is C21H26N2O3S. The second kappa shape index (κ2) is 7.35. The molecular weight excluding hydrogens is 360 g/mol. The highest BCUT2D eigenvalue weighted by atomic mass is 32.2. The maximum absolute atomic E-state index is 13.2. The van der Waals surface area contributed by atoms with Gasteiger partial charge in [-0.3, -0.25) is 9.10 Å². The largest absolute Gasteiger partial charge is 0.344 e. The molecule has 1 N–H and O–H groups in total. The van der Waals surface area contributed by atoms with E-state index in [1.54, 1.807) is 24.3 Å². The molecule has 0 bridgehead atoms. The van der Waals surface area contributed by atoms with Crippen molar-refractivity contribution >= 4 is 27.2 Å². The monoisotopic (exact) mass is 386 g/mol. The maximum Gasteiger partial charge on any atom is 0.265 e. The Kier molecular flexibility index (Phi) is 5.29. The van der Waals surface area contributed by atoms with Gasteiger partial charge < -0.3 is 4.98 Å². The molecule has 1 heterocycles. The SMILES string of the molecule is CC(=O)c1c(C)[nH]c(N(C)S(=O)(=O)c2ccc(C)cc2)c1C1=CCCCC1. The molecule has 0 radical (unpaired) electrons. The number of sulfonamides is 1. The molecule has 0 fully saturated rings. The van der Waals surface area contributed by atoms with Crippen molar-refractivity contribution in [2.45, 2.75) is 51.3 Å². The molecule has 5 nitrogen and oxygen atoms in total. The zero-order chi connectivity index (χ0) is 19.8. The normalized spacial score (nSPS) is 14.7. The van der Waals surface area contributed by atoms with Gasteiger partial charge in [-0.15, -0.1) is 0 Å². The van der Waals surface area contributed by atoms with Crippen LogP contribution in [0.1, 0.15) is 59.8 Å². The molecule has 2 aromatic rings. The number of allylic oxidation sites excluding steroid dienone is 2. The topological polar surface area (TPSA) is 70.2 Å². The molecule has 0 atom stereocenters. The third-order valence-electron chi connectivity index (χ3n) is 5.13. The summed E-state index contributed by atoms with van der Waals surface area (Å²) in [6, 6.07) is 6.79. The Balaban J connectivity index is 2.16. The van der Waals surface area contributed by atoms with Gasteiger partial charge >= 0.3 is 0 Å². The molecule has 27 heavy (non-hydrogen) atoms. The Bertz CT molecular complexity index is 999. The van der Waals surface area contributed by atoms with Gasteiger partial charge in [0, 0.05) is 23.9 Å². The number of hydrogen-bond acceptors (Lipinski definition) is 3. The summed E-state index contributed by atoms with van der Waals surface area (Å²) in [4.78, 5) is 15.7. The summed E-state index contributed by atoms with van der Waals surface area (Å²) in [5.41, 5.74) is 4.07. The van der Waals surface area contributed by atoms with Crippen LogP contribution in [0.4, 0.5) is 5.82 Å². The van der Waals surface area contributed by atoms with Crippen molar-refractivity contribution in [1.29, 1.82) is 0 Å². The summed E-state index contributed by atoms with van der Waals surface area (Å²) in [5, 5.41) is 0. The molecule has 0 amide bonds. The van der Waals surface area contributed by atoms with Crippen molar-refractivity contribution in [3.05, 3.63) is 52.7 Å². The Morgan fingerprint density at radius 3 is 2.33 bits per heavy atom. The predicted octanol–water partition coefficient (Wildman–Crippen LogP) is 4.62. The van der Waals surface area contributed by atoms with Gasteiger partial charge in [0.1, 0.15) is 5.82 Å². The number of nitrogens with one attached hydrogen (secondary N) is 1. The van der Waals surface area contributed by atoms with E-state index in [9.17, 15) is 13.2 Å². The number of anilines is 1. The van der Waals surface area contributed by atoms with Gasteiger partial charge in [-0.05, 0) is 64.2 Å². The van der Waals surface area contributed by atoms with E-state index in [0.29, 0.717) is 17.1 Å². The van der Waals surface area contributed by atoms with Crippen LogP contribution >= 0.6 is 0 Å². The highest BCUT2D eigenvalue weighted by Crippen LogP contribution is 2.38.